The summed E-state index contributed by atoms with van der Waals surface area (Å²) in [6.45, 7) is 0. The molecule has 3 heteroatoms. The minimum absolute atomic E-state index is 0.684. The fourth-order valence-electron chi connectivity index (χ4n) is 7.79. The van der Waals surface area contributed by atoms with Gasteiger partial charge < -0.3 is 0 Å². The van der Waals surface area contributed by atoms with E-state index in [4.69, 9.17) is 9.97 Å². The van der Waals surface area contributed by atoms with Gasteiger partial charge in [0.05, 0.1) is 11.4 Å². The normalized spacial score (nSPS) is 11.3. The summed E-state index contributed by atoms with van der Waals surface area (Å²) in [4.78, 5) is 14.7. The molecule has 10 rings (SSSR count). The van der Waals surface area contributed by atoms with Crippen LogP contribution >= 0.6 is 0 Å². The average Bonchev–Trinajstić information content (AvgIpc) is 3.26. The molecule has 0 spiro atoms. The number of pyridine rings is 1. The van der Waals surface area contributed by atoms with Crippen LogP contribution in [0.2, 0.25) is 0 Å². The van der Waals surface area contributed by atoms with Crippen LogP contribution in [0.1, 0.15) is 0 Å². The molecule has 0 aliphatic heterocycles. The zero-order chi connectivity index (χ0) is 35.8. The largest absolute Gasteiger partial charge is 0.265 e. The molecule has 0 radical (unpaired) electrons. The number of benzene rings is 8. The fraction of sp³-hybridized carbons (Fsp3) is 0. The Kier molecular flexibility index (Phi) is 7.81. The molecule has 0 unspecified atom stereocenters. The van der Waals surface area contributed by atoms with Crippen LogP contribution in [0.5, 0.6) is 0 Å². The van der Waals surface area contributed by atoms with Gasteiger partial charge in [0.1, 0.15) is 0 Å². The molecule has 0 saturated heterocycles. The van der Waals surface area contributed by atoms with Crippen molar-refractivity contribution in [1.82, 2.24) is 15.0 Å². The highest BCUT2D eigenvalue weighted by Gasteiger charge is 2.18. The van der Waals surface area contributed by atoms with Crippen molar-refractivity contribution >= 4 is 32.3 Å². The molecule has 0 N–H and O–H groups in total. The van der Waals surface area contributed by atoms with E-state index in [0.29, 0.717) is 5.82 Å². The predicted molar refractivity (Wildman–Crippen MR) is 225 cm³/mol. The Morgan fingerprint density at radius 1 is 0.278 bits per heavy atom. The molecule has 8 aromatic carbocycles. The predicted octanol–water partition coefficient (Wildman–Crippen LogP) is 13.3. The molecule has 0 aliphatic carbocycles. The van der Waals surface area contributed by atoms with Gasteiger partial charge in [0.25, 0.3) is 0 Å². The van der Waals surface area contributed by atoms with Gasteiger partial charge in [0, 0.05) is 29.1 Å². The number of hydrogen-bond acceptors (Lipinski definition) is 3. The minimum atomic E-state index is 0.684. The first-order valence-corrected chi connectivity index (χ1v) is 18.3. The van der Waals surface area contributed by atoms with E-state index in [1.54, 1.807) is 0 Å². The van der Waals surface area contributed by atoms with E-state index in [0.717, 1.165) is 44.8 Å². The Hall–Kier alpha value is -7.23. The molecular weight excluding hydrogens is 655 g/mol. The van der Waals surface area contributed by atoms with Crippen molar-refractivity contribution in [3.63, 3.8) is 0 Å². The van der Waals surface area contributed by atoms with Gasteiger partial charge in [0.2, 0.25) is 0 Å². The van der Waals surface area contributed by atoms with Crippen molar-refractivity contribution in [1.29, 1.82) is 0 Å². The van der Waals surface area contributed by atoms with Crippen LogP contribution in [0, 0.1) is 0 Å². The molecule has 2 heterocycles. The Morgan fingerprint density at radius 3 is 1.46 bits per heavy atom. The number of hydrogen-bond donors (Lipinski definition) is 0. The molecule has 0 fully saturated rings. The maximum Gasteiger partial charge on any atom is 0.160 e. The van der Waals surface area contributed by atoms with E-state index in [9.17, 15) is 0 Å². The number of aromatic nitrogens is 3. The highest BCUT2D eigenvalue weighted by Crippen LogP contribution is 2.44. The lowest BCUT2D eigenvalue weighted by molar-refractivity contribution is 1.18. The molecule has 0 saturated carbocycles. The first-order valence-electron chi connectivity index (χ1n) is 18.3. The highest BCUT2D eigenvalue weighted by atomic mass is 14.9. The van der Waals surface area contributed by atoms with E-state index in [-0.39, 0.29) is 0 Å². The Bertz CT molecular complexity index is 2930. The van der Waals surface area contributed by atoms with Crippen LogP contribution in [0.15, 0.2) is 200 Å². The molecule has 0 aliphatic rings. The lowest BCUT2D eigenvalue weighted by Crippen LogP contribution is -1.97. The molecule has 3 nitrogen and oxygen atoms in total. The third-order valence-electron chi connectivity index (χ3n) is 10.3. The molecule has 252 valence electrons. The number of fused-ring (bicyclic) bond motifs is 3. The zero-order valence-electron chi connectivity index (χ0n) is 29.4. The van der Waals surface area contributed by atoms with Gasteiger partial charge >= 0.3 is 0 Å². The van der Waals surface area contributed by atoms with Gasteiger partial charge in [-0.1, -0.05) is 152 Å². The summed E-state index contributed by atoms with van der Waals surface area (Å²) >= 11 is 0. The SMILES string of the molecule is c1ccc(-c2cc(-c3cccc(-c4ccncc4)c3)nc(-c3cccc(-c4c5ccccc5c(-c5ccc6ccccc6c5)c5ccccc45)c3)n2)cc1. The van der Waals surface area contributed by atoms with Crippen molar-refractivity contribution in [3.8, 4) is 67.3 Å². The third kappa shape index (κ3) is 5.69. The summed E-state index contributed by atoms with van der Waals surface area (Å²) in [6.07, 6.45) is 3.66. The van der Waals surface area contributed by atoms with Gasteiger partial charge in [-0.3, -0.25) is 4.98 Å². The summed E-state index contributed by atoms with van der Waals surface area (Å²) in [5.41, 5.74) is 11.8. The van der Waals surface area contributed by atoms with Crippen LogP contribution in [0.25, 0.3) is 99.6 Å². The van der Waals surface area contributed by atoms with Crippen LogP contribution in [-0.2, 0) is 0 Å². The first-order chi connectivity index (χ1) is 26.8. The van der Waals surface area contributed by atoms with Gasteiger partial charge in [0.15, 0.2) is 5.82 Å². The van der Waals surface area contributed by atoms with Crippen molar-refractivity contribution in [3.05, 3.63) is 200 Å². The molecule has 0 bridgehead atoms. The molecule has 0 atom stereocenters. The molecular formula is C51H33N3. The molecule has 54 heavy (non-hydrogen) atoms. The fourth-order valence-corrected chi connectivity index (χ4v) is 7.79. The van der Waals surface area contributed by atoms with E-state index in [1.807, 2.05) is 30.6 Å². The maximum absolute atomic E-state index is 5.25. The van der Waals surface area contributed by atoms with Gasteiger partial charge in [-0.2, -0.15) is 0 Å². The van der Waals surface area contributed by atoms with E-state index >= 15 is 0 Å². The summed E-state index contributed by atoms with van der Waals surface area (Å²) < 4.78 is 0. The smallest absolute Gasteiger partial charge is 0.160 e. The monoisotopic (exact) mass is 687 g/mol. The van der Waals surface area contributed by atoms with Crippen LogP contribution in [-0.4, -0.2) is 15.0 Å². The van der Waals surface area contributed by atoms with Crippen molar-refractivity contribution in [2.45, 2.75) is 0 Å². The standard InChI is InChI=1S/C51H33N3/c1-2-13-36(14-3-1)47-33-48(39-17-10-16-38(30-39)35-26-28-52-29-27-35)54-51(53-47)42-19-11-18-40(32-42)49-43-20-6-8-22-45(43)50(46-23-9-7-21-44(46)49)41-25-24-34-12-4-5-15-37(34)31-41/h1-33H. The van der Waals surface area contributed by atoms with E-state index in [2.05, 4.69) is 175 Å². The highest BCUT2D eigenvalue weighted by molar-refractivity contribution is 6.21. The Morgan fingerprint density at radius 2 is 0.778 bits per heavy atom. The minimum Gasteiger partial charge on any atom is -0.265 e. The maximum atomic E-state index is 5.25. The summed E-state index contributed by atoms with van der Waals surface area (Å²) in [5, 5.41) is 7.36. The van der Waals surface area contributed by atoms with Crippen LogP contribution < -0.4 is 0 Å². The quantitative estimate of drug-likeness (QED) is 0.163. The van der Waals surface area contributed by atoms with E-state index < -0.39 is 0 Å². The molecule has 10 aromatic rings. The lowest BCUT2D eigenvalue weighted by Gasteiger charge is -2.18. The average molecular weight is 688 g/mol. The summed E-state index contributed by atoms with van der Waals surface area (Å²) in [6, 6.07) is 66.8. The number of nitrogens with zero attached hydrogens (tertiary/aromatic N) is 3. The summed E-state index contributed by atoms with van der Waals surface area (Å²) in [7, 11) is 0. The van der Waals surface area contributed by atoms with Crippen molar-refractivity contribution in [2.24, 2.45) is 0 Å². The van der Waals surface area contributed by atoms with Gasteiger partial charge in [-0.15, -0.1) is 0 Å². The Balaban J connectivity index is 1.16. The third-order valence-corrected chi connectivity index (χ3v) is 10.3. The van der Waals surface area contributed by atoms with Crippen molar-refractivity contribution < 1.29 is 0 Å². The first kappa shape index (κ1) is 31.5. The molecule has 2 aromatic heterocycles. The van der Waals surface area contributed by atoms with Gasteiger partial charge in [-0.05, 0) is 102 Å². The second-order valence-electron chi connectivity index (χ2n) is 13.6. The van der Waals surface area contributed by atoms with E-state index in [1.165, 1.54) is 49.0 Å². The lowest BCUT2D eigenvalue weighted by atomic mass is 9.85. The molecule has 0 amide bonds. The van der Waals surface area contributed by atoms with Crippen LogP contribution in [0.4, 0.5) is 0 Å². The van der Waals surface area contributed by atoms with Crippen molar-refractivity contribution in [2.75, 3.05) is 0 Å². The van der Waals surface area contributed by atoms with Gasteiger partial charge in [-0.25, -0.2) is 9.97 Å². The Labute approximate surface area is 313 Å². The second-order valence-corrected chi connectivity index (χ2v) is 13.6. The second kappa shape index (κ2) is 13.4. The number of rotatable bonds is 6. The summed E-state index contributed by atoms with van der Waals surface area (Å²) in [5.74, 6) is 0.684. The van der Waals surface area contributed by atoms with Crippen LogP contribution in [0.3, 0.4) is 0 Å². The topological polar surface area (TPSA) is 38.7 Å². The zero-order valence-corrected chi connectivity index (χ0v) is 29.4.